The van der Waals surface area contributed by atoms with Crippen molar-refractivity contribution in [1.82, 2.24) is 0 Å². The van der Waals surface area contributed by atoms with Gasteiger partial charge in [-0.15, -0.1) is 0 Å². The Morgan fingerprint density at radius 2 is 0.750 bits per heavy atom. The second kappa shape index (κ2) is 16.5. The van der Waals surface area contributed by atoms with Crippen molar-refractivity contribution in [2.75, 3.05) is 0 Å². The summed E-state index contributed by atoms with van der Waals surface area (Å²) < 4.78 is 0. The SMILES string of the molecule is [K+].[Nb+5].[S-2].[S-2]. The Bertz CT molecular complexity index is 6.00. The number of hydrogen-bond donors (Lipinski definition) is 0. The van der Waals surface area contributed by atoms with Gasteiger partial charge in [-0.25, -0.2) is 0 Å². The summed E-state index contributed by atoms with van der Waals surface area (Å²) in [5.41, 5.74) is 0. The van der Waals surface area contributed by atoms with E-state index >= 15 is 0 Å². The van der Waals surface area contributed by atoms with Crippen LogP contribution in [0.4, 0.5) is 0 Å². The van der Waals surface area contributed by atoms with E-state index < -0.39 is 0 Å². The predicted octanol–water partition coefficient (Wildman–Crippen LogP) is -3.00. The smallest absolute Gasteiger partial charge is 2.00 e. The molecule has 0 fully saturated rings. The van der Waals surface area contributed by atoms with Crippen LogP contribution in [0.2, 0.25) is 0 Å². The van der Waals surface area contributed by atoms with E-state index in [4.69, 9.17) is 0 Å². The summed E-state index contributed by atoms with van der Waals surface area (Å²) in [7, 11) is 0. The molecule has 0 N–H and O–H groups in total. The minimum absolute atomic E-state index is 0. The van der Waals surface area contributed by atoms with Crippen LogP contribution >= 0.6 is 0 Å². The molecule has 0 saturated heterocycles. The first-order chi connectivity index (χ1) is 0. The largest absolute Gasteiger partial charge is 5.00 e. The normalized spacial score (nSPS) is 0. The molecule has 0 aliphatic heterocycles. The van der Waals surface area contributed by atoms with Crippen molar-refractivity contribution in [3.8, 4) is 0 Å². The van der Waals surface area contributed by atoms with E-state index in [-0.39, 0.29) is 101 Å². The van der Waals surface area contributed by atoms with Gasteiger partial charge >= 0.3 is 73.8 Å². The van der Waals surface area contributed by atoms with E-state index in [9.17, 15) is 0 Å². The molecule has 0 unspecified atom stereocenters. The van der Waals surface area contributed by atoms with Crippen molar-refractivity contribution in [3.05, 3.63) is 0 Å². The Labute approximate surface area is 98.3 Å². The van der Waals surface area contributed by atoms with Crippen LogP contribution < -0.4 is 51.4 Å². The summed E-state index contributed by atoms with van der Waals surface area (Å²) in [6, 6.07) is 0. The van der Waals surface area contributed by atoms with E-state index in [0.717, 1.165) is 0 Å². The van der Waals surface area contributed by atoms with Crippen molar-refractivity contribution in [1.29, 1.82) is 0 Å². The van der Waals surface area contributed by atoms with Crippen LogP contribution in [-0.2, 0) is 49.4 Å². The molecule has 0 aliphatic rings. The topological polar surface area (TPSA) is 0 Å². The fraction of sp³-hybridized carbons (Fsp3) is 0. The van der Waals surface area contributed by atoms with Crippen LogP contribution in [-0.4, -0.2) is 0 Å². The molecule has 0 bridgehead atoms. The number of rotatable bonds is 0. The van der Waals surface area contributed by atoms with Gasteiger partial charge in [0.25, 0.3) is 0 Å². The maximum absolute atomic E-state index is 0. The summed E-state index contributed by atoms with van der Waals surface area (Å²) in [5.74, 6) is 0. The summed E-state index contributed by atoms with van der Waals surface area (Å²) in [6.07, 6.45) is 0. The van der Waals surface area contributed by atoms with E-state index in [1.807, 2.05) is 0 Å². The standard InChI is InChI=1S/K.Nb.2S/q+1;+5;2*-2. The molecule has 4 heavy (non-hydrogen) atoms. The molecule has 0 atom stereocenters. The molecule has 0 amide bonds. The van der Waals surface area contributed by atoms with Gasteiger partial charge in [-0.3, -0.25) is 0 Å². The quantitative estimate of drug-likeness (QED) is 0.362. The molecule has 0 nitrogen and oxygen atoms in total. The Kier molecular flexibility index (Phi) is 114. The minimum atomic E-state index is 0. The molecule has 0 rings (SSSR count). The summed E-state index contributed by atoms with van der Waals surface area (Å²) in [5, 5.41) is 0. The van der Waals surface area contributed by atoms with Gasteiger partial charge in [0.1, 0.15) is 0 Å². The maximum Gasteiger partial charge on any atom is 5.00 e. The molecule has 0 heterocycles. The fourth-order valence-corrected chi connectivity index (χ4v) is 0. The Hall–Kier alpha value is 3.08. The molecule has 0 saturated carbocycles. The van der Waals surface area contributed by atoms with Crippen LogP contribution in [0.3, 0.4) is 0 Å². The van der Waals surface area contributed by atoms with Crippen LogP contribution in [0.1, 0.15) is 0 Å². The summed E-state index contributed by atoms with van der Waals surface area (Å²) in [6.45, 7) is 0. The van der Waals surface area contributed by atoms with Gasteiger partial charge in [-0.2, -0.15) is 0 Å². The van der Waals surface area contributed by atoms with Crippen LogP contribution in [0.5, 0.6) is 0 Å². The molecule has 0 spiro atoms. The average molecular weight is 196 g/mol. The number of hydrogen-bond acceptors (Lipinski definition) is 0. The second-order valence-corrected chi connectivity index (χ2v) is 0. The molecular weight excluding hydrogens is 196 g/mol. The zero-order valence-electron chi connectivity index (χ0n) is 2.26. The van der Waals surface area contributed by atoms with Crippen molar-refractivity contribution < 1.29 is 73.8 Å². The van der Waals surface area contributed by atoms with Crippen LogP contribution in [0.25, 0.3) is 0 Å². The Morgan fingerprint density at radius 1 is 0.750 bits per heavy atom. The molecular formula is KNbS2+2. The van der Waals surface area contributed by atoms with Crippen LogP contribution in [0, 0.1) is 0 Å². The van der Waals surface area contributed by atoms with Gasteiger partial charge in [-0.05, 0) is 0 Å². The minimum Gasteiger partial charge on any atom is -2.00 e. The summed E-state index contributed by atoms with van der Waals surface area (Å²) >= 11 is 0. The van der Waals surface area contributed by atoms with E-state index in [1.165, 1.54) is 0 Å². The zero-order chi connectivity index (χ0) is 0. The van der Waals surface area contributed by atoms with Gasteiger partial charge in [0, 0.05) is 0 Å². The average Bonchev–Trinajstić information content (AvgIpc) is 0. The van der Waals surface area contributed by atoms with Crippen molar-refractivity contribution in [2.24, 2.45) is 0 Å². The molecule has 4 heteroatoms. The van der Waals surface area contributed by atoms with Gasteiger partial charge < -0.3 is 27.0 Å². The van der Waals surface area contributed by atoms with E-state index in [2.05, 4.69) is 0 Å². The van der Waals surface area contributed by atoms with Gasteiger partial charge in [0.05, 0.1) is 0 Å². The van der Waals surface area contributed by atoms with Crippen LogP contribution in [0.15, 0.2) is 0 Å². The zero-order valence-corrected chi connectivity index (χ0v) is 9.22. The second-order valence-electron chi connectivity index (χ2n) is 0. The first-order valence-electron chi connectivity index (χ1n) is 0. The van der Waals surface area contributed by atoms with Crippen molar-refractivity contribution in [3.63, 3.8) is 0 Å². The van der Waals surface area contributed by atoms with Gasteiger partial charge in [0.2, 0.25) is 0 Å². The Morgan fingerprint density at radius 3 is 0.750 bits per heavy atom. The third-order valence-electron chi connectivity index (χ3n) is 0. The van der Waals surface area contributed by atoms with E-state index in [1.54, 1.807) is 0 Å². The van der Waals surface area contributed by atoms with Crippen molar-refractivity contribution in [2.45, 2.75) is 0 Å². The third kappa shape index (κ3) is 8.91. The monoisotopic (exact) mass is 196 g/mol. The maximum atomic E-state index is 0. The third-order valence-corrected chi connectivity index (χ3v) is 0. The van der Waals surface area contributed by atoms with Crippen molar-refractivity contribution >= 4 is 27.0 Å². The van der Waals surface area contributed by atoms with E-state index in [0.29, 0.717) is 0 Å². The predicted molar refractivity (Wildman–Crippen MR) is 14.7 cm³/mol. The molecule has 16 valence electrons. The Balaban J connectivity index is 0. The molecule has 0 aromatic rings. The molecule has 0 radical (unpaired) electrons. The molecule has 0 aliphatic carbocycles. The first-order valence-corrected chi connectivity index (χ1v) is 0. The molecule has 0 aromatic heterocycles. The summed E-state index contributed by atoms with van der Waals surface area (Å²) in [4.78, 5) is 0. The van der Waals surface area contributed by atoms with Gasteiger partial charge in [0.15, 0.2) is 0 Å². The first kappa shape index (κ1) is 27.6. The fourth-order valence-electron chi connectivity index (χ4n) is 0. The molecule has 0 aromatic carbocycles. The van der Waals surface area contributed by atoms with Gasteiger partial charge in [-0.1, -0.05) is 0 Å².